The zero-order valence-corrected chi connectivity index (χ0v) is 11.3. The van der Waals surface area contributed by atoms with Crippen molar-refractivity contribution in [1.82, 2.24) is 9.88 Å². The molecule has 0 saturated heterocycles. The number of sulfone groups is 1. The third-order valence-electron chi connectivity index (χ3n) is 2.86. The number of fused-ring (bicyclic) bond motifs is 1. The molecule has 0 atom stereocenters. The summed E-state index contributed by atoms with van der Waals surface area (Å²) in [5.41, 5.74) is 1.21. The Morgan fingerprint density at radius 1 is 1.17 bits per heavy atom. The van der Waals surface area contributed by atoms with E-state index in [9.17, 15) is 8.42 Å². The van der Waals surface area contributed by atoms with Gasteiger partial charge in [-0.1, -0.05) is 18.2 Å². The van der Waals surface area contributed by atoms with Crippen LogP contribution < -0.4 is 5.32 Å². The molecule has 0 amide bonds. The van der Waals surface area contributed by atoms with Crippen molar-refractivity contribution in [3.05, 3.63) is 36.5 Å². The van der Waals surface area contributed by atoms with Crippen LogP contribution in [0.4, 0.5) is 0 Å². The van der Waals surface area contributed by atoms with Gasteiger partial charge in [-0.25, -0.2) is 8.42 Å². The van der Waals surface area contributed by atoms with Gasteiger partial charge < -0.3 is 9.88 Å². The molecule has 0 radical (unpaired) electrons. The topological polar surface area (TPSA) is 51.1 Å². The third-order valence-corrected chi connectivity index (χ3v) is 3.81. The molecule has 2 aromatic rings. The lowest BCUT2D eigenvalue weighted by molar-refractivity contribution is 0.589. The van der Waals surface area contributed by atoms with Crippen LogP contribution in [0.25, 0.3) is 10.9 Å². The van der Waals surface area contributed by atoms with Gasteiger partial charge in [0.1, 0.15) is 9.84 Å². The molecule has 0 aliphatic heterocycles. The molecule has 0 unspecified atom stereocenters. The highest BCUT2D eigenvalue weighted by atomic mass is 32.2. The second-order valence-corrected chi connectivity index (χ2v) is 6.71. The second kappa shape index (κ2) is 5.54. The number of nitrogens with zero attached hydrogens (tertiary/aromatic N) is 1. The SMILES string of the molecule is CS(=O)(=O)CCNCCn1ccc2ccccc21. The Morgan fingerprint density at radius 2 is 1.94 bits per heavy atom. The van der Waals surface area contributed by atoms with Crippen LogP contribution in [0.5, 0.6) is 0 Å². The summed E-state index contributed by atoms with van der Waals surface area (Å²) in [6.45, 7) is 2.13. The second-order valence-electron chi connectivity index (χ2n) is 4.45. The van der Waals surface area contributed by atoms with Crippen molar-refractivity contribution < 1.29 is 8.42 Å². The third kappa shape index (κ3) is 3.58. The summed E-state index contributed by atoms with van der Waals surface area (Å²) < 4.78 is 24.1. The van der Waals surface area contributed by atoms with Gasteiger partial charge in [-0.15, -0.1) is 0 Å². The van der Waals surface area contributed by atoms with Gasteiger partial charge in [0, 0.05) is 37.6 Å². The van der Waals surface area contributed by atoms with Crippen molar-refractivity contribution in [3.8, 4) is 0 Å². The van der Waals surface area contributed by atoms with Crippen molar-refractivity contribution >= 4 is 20.7 Å². The van der Waals surface area contributed by atoms with E-state index in [-0.39, 0.29) is 5.75 Å². The normalized spacial score (nSPS) is 12.1. The quantitative estimate of drug-likeness (QED) is 0.801. The van der Waals surface area contributed by atoms with E-state index in [1.165, 1.54) is 17.2 Å². The van der Waals surface area contributed by atoms with Crippen LogP contribution in [-0.2, 0) is 16.4 Å². The molecule has 0 saturated carbocycles. The molecule has 4 nitrogen and oxygen atoms in total. The van der Waals surface area contributed by atoms with E-state index in [4.69, 9.17) is 0 Å². The van der Waals surface area contributed by atoms with E-state index in [2.05, 4.69) is 34.3 Å². The standard InChI is InChI=1S/C13H18N2O2S/c1-18(16,17)11-8-14-7-10-15-9-6-12-4-2-3-5-13(12)15/h2-6,9,14H,7-8,10-11H2,1H3. The van der Waals surface area contributed by atoms with Crippen LogP contribution in [0.15, 0.2) is 36.5 Å². The molecule has 5 heteroatoms. The molecule has 1 aromatic carbocycles. The van der Waals surface area contributed by atoms with Gasteiger partial charge >= 0.3 is 0 Å². The Balaban J connectivity index is 1.84. The zero-order valence-electron chi connectivity index (χ0n) is 10.5. The average molecular weight is 266 g/mol. The number of nitrogens with one attached hydrogen (secondary N) is 1. The van der Waals surface area contributed by atoms with Crippen LogP contribution in [0, 0.1) is 0 Å². The maximum atomic E-state index is 11.0. The van der Waals surface area contributed by atoms with Crippen molar-refractivity contribution in [1.29, 1.82) is 0 Å². The summed E-state index contributed by atoms with van der Waals surface area (Å²) >= 11 is 0. The van der Waals surface area contributed by atoms with E-state index in [1.807, 2.05) is 12.1 Å². The minimum Gasteiger partial charge on any atom is -0.346 e. The van der Waals surface area contributed by atoms with Crippen LogP contribution in [0.2, 0.25) is 0 Å². The molecule has 1 aromatic heterocycles. The van der Waals surface area contributed by atoms with E-state index < -0.39 is 9.84 Å². The molecule has 18 heavy (non-hydrogen) atoms. The minimum absolute atomic E-state index is 0.194. The number of aromatic nitrogens is 1. The molecule has 2 rings (SSSR count). The van der Waals surface area contributed by atoms with Crippen LogP contribution in [0.1, 0.15) is 0 Å². The zero-order chi connectivity index (χ0) is 13.0. The average Bonchev–Trinajstić information content (AvgIpc) is 2.71. The summed E-state index contributed by atoms with van der Waals surface area (Å²) in [4.78, 5) is 0. The van der Waals surface area contributed by atoms with Gasteiger partial charge in [-0.3, -0.25) is 0 Å². The predicted octanol–water partition coefficient (Wildman–Crippen LogP) is 1.28. The lowest BCUT2D eigenvalue weighted by Crippen LogP contribution is -2.25. The van der Waals surface area contributed by atoms with E-state index in [1.54, 1.807) is 0 Å². The van der Waals surface area contributed by atoms with E-state index in [0.29, 0.717) is 6.54 Å². The van der Waals surface area contributed by atoms with Crippen molar-refractivity contribution in [2.45, 2.75) is 6.54 Å². The Labute approximate surface area is 108 Å². The van der Waals surface area contributed by atoms with Crippen molar-refractivity contribution in [2.75, 3.05) is 25.1 Å². The number of benzene rings is 1. The summed E-state index contributed by atoms with van der Waals surface area (Å²) in [6, 6.07) is 10.3. The molecule has 1 heterocycles. The molecule has 0 fully saturated rings. The first kappa shape index (κ1) is 13.1. The van der Waals surface area contributed by atoms with Gasteiger partial charge in [0.15, 0.2) is 0 Å². The first-order valence-electron chi connectivity index (χ1n) is 5.98. The molecule has 0 spiro atoms. The largest absolute Gasteiger partial charge is 0.346 e. The number of rotatable bonds is 6. The fraction of sp³-hybridized carbons (Fsp3) is 0.385. The fourth-order valence-corrected chi connectivity index (χ4v) is 2.43. The number of para-hydroxylation sites is 1. The van der Waals surface area contributed by atoms with Gasteiger partial charge in [0.05, 0.1) is 5.75 Å². The molecule has 1 N–H and O–H groups in total. The Morgan fingerprint density at radius 3 is 2.72 bits per heavy atom. The van der Waals surface area contributed by atoms with Crippen LogP contribution in [-0.4, -0.2) is 38.1 Å². The molecule has 0 bridgehead atoms. The number of hydrogen-bond donors (Lipinski definition) is 1. The molecular formula is C13H18N2O2S. The number of hydrogen-bond acceptors (Lipinski definition) is 3. The molecule has 0 aliphatic carbocycles. The summed E-state index contributed by atoms with van der Waals surface area (Å²) in [5.74, 6) is 0.194. The Hall–Kier alpha value is -1.33. The summed E-state index contributed by atoms with van der Waals surface area (Å²) in [5, 5.41) is 4.38. The van der Waals surface area contributed by atoms with Crippen molar-refractivity contribution in [3.63, 3.8) is 0 Å². The summed E-state index contributed by atoms with van der Waals surface area (Å²) in [7, 11) is -2.86. The van der Waals surface area contributed by atoms with E-state index in [0.717, 1.165) is 13.1 Å². The highest BCUT2D eigenvalue weighted by Gasteiger charge is 2.01. The minimum atomic E-state index is -2.86. The summed E-state index contributed by atoms with van der Waals surface area (Å²) in [6.07, 6.45) is 3.32. The van der Waals surface area contributed by atoms with E-state index >= 15 is 0 Å². The lowest BCUT2D eigenvalue weighted by Gasteiger charge is -2.06. The Bertz CT molecular complexity index is 617. The molecular weight excluding hydrogens is 248 g/mol. The maximum absolute atomic E-state index is 11.0. The van der Waals surface area contributed by atoms with Crippen LogP contribution >= 0.6 is 0 Å². The first-order chi connectivity index (χ1) is 8.56. The van der Waals surface area contributed by atoms with Gasteiger partial charge in [-0.2, -0.15) is 0 Å². The monoisotopic (exact) mass is 266 g/mol. The first-order valence-corrected chi connectivity index (χ1v) is 8.05. The molecule has 0 aliphatic rings. The van der Waals surface area contributed by atoms with Gasteiger partial charge in [-0.05, 0) is 17.5 Å². The van der Waals surface area contributed by atoms with Crippen LogP contribution in [0.3, 0.4) is 0 Å². The molecule has 98 valence electrons. The lowest BCUT2D eigenvalue weighted by atomic mass is 10.2. The highest BCUT2D eigenvalue weighted by molar-refractivity contribution is 7.90. The Kier molecular flexibility index (Phi) is 4.04. The smallest absolute Gasteiger partial charge is 0.148 e. The van der Waals surface area contributed by atoms with Gasteiger partial charge in [0.2, 0.25) is 0 Å². The van der Waals surface area contributed by atoms with Crippen molar-refractivity contribution in [2.24, 2.45) is 0 Å². The predicted molar refractivity (Wildman–Crippen MR) is 74.5 cm³/mol. The highest BCUT2D eigenvalue weighted by Crippen LogP contribution is 2.14. The van der Waals surface area contributed by atoms with Gasteiger partial charge in [0.25, 0.3) is 0 Å². The maximum Gasteiger partial charge on any atom is 0.148 e. The fourth-order valence-electron chi connectivity index (χ4n) is 1.92.